The Bertz CT molecular complexity index is 1000. The van der Waals surface area contributed by atoms with Gasteiger partial charge in [0.15, 0.2) is 29.1 Å². The molecule has 0 aliphatic carbocycles. The molecule has 1 fully saturated rings. The SMILES string of the molecule is O=C(Nc1ccc(F)c(F)c1F)C1CCN(c2ccc(-n3cncn3)nn2)CC1. The maximum absolute atomic E-state index is 13.7. The molecule has 3 aromatic rings. The highest BCUT2D eigenvalue weighted by molar-refractivity contribution is 5.92. The number of nitrogens with zero attached hydrogens (tertiary/aromatic N) is 6. The van der Waals surface area contributed by atoms with Crippen LogP contribution in [0.15, 0.2) is 36.9 Å². The summed E-state index contributed by atoms with van der Waals surface area (Å²) < 4.78 is 41.6. The number of nitrogens with one attached hydrogen (secondary N) is 1. The van der Waals surface area contributed by atoms with E-state index in [0.717, 1.165) is 12.1 Å². The average molecular weight is 403 g/mol. The van der Waals surface area contributed by atoms with Crippen molar-refractivity contribution in [3.05, 3.63) is 54.4 Å². The van der Waals surface area contributed by atoms with Crippen molar-refractivity contribution < 1.29 is 18.0 Å². The molecule has 1 aliphatic rings. The van der Waals surface area contributed by atoms with Crippen molar-refractivity contribution in [3.63, 3.8) is 0 Å². The zero-order chi connectivity index (χ0) is 20.4. The van der Waals surface area contributed by atoms with E-state index in [1.54, 1.807) is 12.1 Å². The zero-order valence-corrected chi connectivity index (χ0v) is 15.1. The van der Waals surface area contributed by atoms with E-state index < -0.39 is 23.4 Å². The Morgan fingerprint density at radius 1 is 1.00 bits per heavy atom. The third kappa shape index (κ3) is 3.89. The Morgan fingerprint density at radius 3 is 2.38 bits per heavy atom. The minimum absolute atomic E-state index is 0.370. The molecule has 0 bridgehead atoms. The first kappa shape index (κ1) is 18.8. The lowest BCUT2D eigenvalue weighted by Crippen LogP contribution is -2.38. The second-order valence-corrected chi connectivity index (χ2v) is 6.56. The van der Waals surface area contributed by atoms with Gasteiger partial charge in [-0.05, 0) is 37.1 Å². The topological polar surface area (TPSA) is 88.8 Å². The quantitative estimate of drug-likeness (QED) is 0.673. The summed E-state index contributed by atoms with van der Waals surface area (Å²) in [6, 6.07) is 5.36. The van der Waals surface area contributed by atoms with Gasteiger partial charge in [-0.1, -0.05) is 0 Å². The van der Waals surface area contributed by atoms with Gasteiger partial charge in [-0.2, -0.15) is 5.10 Å². The molecular formula is C18H16F3N7O. The fourth-order valence-corrected chi connectivity index (χ4v) is 3.16. The van der Waals surface area contributed by atoms with Crippen LogP contribution in [0.5, 0.6) is 0 Å². The fourth-order valence-electron chi connectivity index (χ4n) is 3.16. The monoisotopic (exact) mass is 403 g/mol. The molecule has 2 aromatic heterocycles. The Hall–Kier alpha value is -3.50. The molecule has 1 saturated heterocycles. The predicted molar refractivity (Wildman–Crippen MR) is 96.8 cm³/mol. The summed E-state index contributed by atoms with van der Waals surface area (Å²) in [6.07, 6.45) is 3.93. The van der Waals surface area contributed by atoms with Crippen molar-refractivity contribution in [3.8, 4) is 5.82 Å². The maximum Gasteiger partial charge on any atom is 0.227 e. The number of piperidine rings is 1. The fraction of sp³-hybridized carbons (Fsp3) is 0.278. The molecule has 1 amide bonds. The van der Waals surface area contributed by atoms with Gasteiger partial charge in [-0.15, -0.1) is 10.2 Å². The third-order valence-corrected chi connectivity index (χ3v) is 4.77. The summed E-state index contributed by atoms with van der Waals surface area (Å²) in [7, 11) is 0. The molecule has 1 N–H and O–H groups in total. The minimum Gasteiger partial charge on any atom is -0.355 e. The van der Waals surface area contributed by atoms with Gasteiger partial charge in [0, 0.05) is 19.0 Å². The van der Waals surface area contributed by atoms with Crippen molar-refractivity contribution in [2.24, 2.45) is 5.92 Å². The summed E-state index contributed by atoms with van der Waals surface area (Å²) in [5.41, 5.74) is -0.370. The highest BCUT2D eigenvalue weighted by Gasteiger charge is 2.27. The van der Waals surface area contributed by atoms with Crippen molar-refractivity contribution in [2.45, 2.75) is 12.8 Å². The van der Waals surface area contributed by atoms with E-state index in [9.17, 15) is 18.0 Å². The Kier molecular flexibility index (Phi) is 5.10. The zero-order valence-electron chi connectivity index (χ0n) is 15.1. The molecule has 4 rings (SSSR count). The average Bonchev–Trinajstić information content (AvgIpc) is 3.29. The van der Waals surface area contributed by atoms with Gasteiger partial charge in [0.05, 0.1) is 5.69 Å². The van der Waals surface area contributed by atoms with Crippen LogP contribution in [0.25, 0.3) is 5.82 Å². The number of halogens is 3. The first-order valence-electron chi connectivity index (χ1n) is 8.91. The molecule has 150 valence electrons. The molecule has 8 nitrogen and oxygen atoms in total. The molecule has 3 heterocycles. The molecule has 29 heavy (non-hydrogen) atoms. The van der Waals surface area contributed by atoms with Crippen molar-refractivity contribution in [2.75, 3.05) is 23.3 Å². The van der Waals surface area contributed by atoms with E-state index in [1.807, 2.05) is 4.90 Å². The third-order valence-electron chi connectivity index (χ3n) is 4.77. The van der Waals surface area contributed by atoms with Gasteiger partial charge in [-0.25, -0.2) is 22.8 Å². The Morgan fingerprint density at radius 2 is 1.72 bits per heavy atom. The lowest BCUT2D eigenvalue weighted by Gasteiger charge is -2.31. The number of carbonyl (C=O) groups is 1. The van der Waals surface area contributed by atoms with E-state index in [4.69, 9.17) is 0 Å². The summed E-state index contributed by atoms with van der Waals surface area (Å²) in [6.45, 7) is 1.10. The second kappa shape index (κ2) is 7.86. The number of aromatic nitrogens is 5. The summed E-state index contributed by atoms with van der Waals surface area (Å²) >= 11 is 0. The largest absolute Gasteiger partial charge is 0.355 e. The van der Waals surface area contributed by atoms with Crippen LogP contribution in [0, 0.1) is 23.4 Å². The standard InChI is InChI=1S/C18H16F3N7O/c19-12-1-2-13(17(21)16(12)20)24-18(29)11-5-7-27(8-6-11)14-3-4-15(26-25-14)28-10-22-9-23-28/h1-4,9-11H,5-8H2,(H,24,29). The lowest BCUT2D eigenvalue weighted by molar-refractivity contribution is -0.120. The van der Waals surface area contributed by atoms with Crippen LogP contribution in [0.2, 0.25) is 0 Å². The number of benzene rings is 1. The van der Waals surface area contributed by atoms with E-state index >= 15 is 0 Å². The van der Waals surface area contributed by atoms with Gasteiger partial charge in [0.25, 0.3) is 0 Å². The van der Waals surface area contributed by atoms with Crippen LogP contribution in [0.4, 0.5) is 24.7 Å². The number of hydrogen-bond acceptors (Lipinski definition) is 6. The summed E-state index contributed by atoms with van der Waals surface area (Å²) in [5, 5.41) is 14.6. The van der Waals surface area contributed by atoms with Crippen LogP contribution >= 0.6 is 0 Å². The van der Waals surface area contributed by atoms with Crippen molar-refractivity contribution in [1.29, 1.82) is 0 Å². The molecule has 0 radical (unpaired) electrons. The molecule has 11 heteroatoms. The summed E-state index contributed by atoms with van der Waals surface area (Å²) in [5.74, 6) is -3.91. The first-order chi connectivity index (χ1) is 14.0. The van der Waals surface area contributed by atoms with Crippen LogP contribution in [0.1, 0.15) is 12.8 Å². The predicted octanol–water partition coefficient (Wildman–Crippen LogP) is 2.33. The van der Waals surface area contributed by atoms with Crippen LogP contribution in [0.3, 0.4) is 0 Å². The highest BCUT2D eigenvalue weighted by atomic mass is 19.2. The molecule has 1 aliphatic heterocycles. The van der Waals surface area contributed by atoms with E-state index in [-0.39, 0.29) is 11.6 Å². The molecule has 0 spiro atoms. The number of anilines is 2. The van der Waals surface area contributed by atoms with Gasteiger partial charge in [0.2, 0.25) is 5.91 Å². The minimum atomic E-state index is -1.61. The number of amides is 1. The first-order valence-corrected chi connectivity index (χ1v) is 8.91. The van der Waals surface area contributed by atoms with Crippen LogP contribution in [-0.2, 0) is 4.79 Å². The number of carbonyl (C=O) groups excluding carboxylic acids is 1. The maximum atomic E-state index is 13.7. The number of hydrogen-bond donors (Lipinski definition) is 1. The lowest BCUT2D eigenvalue weighted by atomic mass is 9.95. The summed E-state index contributed by atoms with van der Waals surface area (Å²) in [4.78, 5) is 18.2. The molecule has 0 atom stereocenters. The van der Waals surface area contributed by atoms with E-state index in [1.165, 1.54) is 17.3 Å². The molecule has 1 aromatic carbocycles. The van der Waals surface area contributed by atoms with Crippen LogP contribution in [-0.4, -0.2) is 44.0 Å². The smallest absolute Gasteiger partial charge is 0.227 e. The van der Waals surface area contributed by atoms with E-state index in [0.29, 0.717) is 37.6 Å². The number of rotatable bonds is 4. The van der Waals surface area contributed by atoms with Crippen LogP contribution < -0.4 is 10.2 Å². The molecule has 0 unspecified atom stereocenters. The van der Waals surface area contributed by atoms with Crippen molar-refractivity contribution in [1.82, 2.24) is 25.0 Å². The van der Waals surface area contributed by atoms with E-state index in [2.05, 4.69) is 25.6 Å². The Balaban J connectivity index is 1.35. The van der Waals surface area contributed by atoms with Gasteiger partial charge >= 0.3 is 0 Å². The van der Waals surface area contributed by atoms with Gasteiger partial charge in [-0.3, -0.25) is 4.79 Å². The Labute approximate surface area is 163 Å². The second-order valence-electron chi connectivity index (χ2n) is 6.56. The molecule has 0 saturated carbocycles. The van der Waals surface area contributed by atoms with Gasteiger partial charge in [0.1, 0.15) is 12.7 Å². The van der Waals surface area contributed by atoms with Gasteiger partial charge < -0.3 is 10.2 Å². The highest BCUT2D eigenvalue weighted by Crippen LogP contribution is 2.25. The normalized spacial score (nSPS) is 14.8. The van der Waals surface area contributed by atoms with Crippen molar-refractivity contribution >= 4 is 17.4 Å². The molecular weight excluding hydrogens is 387 g/mol.